The number of nitrogens with zero attached hydrogens (tertiary/aromatic N) is 3. The molecule has 3 rings (SSSR count). The van der Waals surface area contributed by atoms with Crippen molar-refractivity contribution in [2.75, 3.05) is 12.4 Å². The largest absolute Gasteiger partial charge is 0.464 e. The molecule has 0 amide bonds. The lowest BCUT2D eigenvalue weighted by molar-refractivity contribution is 0.0596. The summed E-state index contributed by atoms with van der Waals surface area (Å²) in [5.41, 5.74) is 2.08. The summed E-state index contributed by atoms with van der Waals surface area (Å²) in [6.45, 7) is 0.557. The van der Waals surface area contributed by atoms with Crippen molar-refractivity contribution in [1.29, 1.82) is 0 Å². The highest BCUT2D eigenvalue weighted by molar-refractivity contribution is 6.29. The third-order valence-corrected chi connectivity index (χ3v) is 3.84. The fourth-order valence-corrected chi connectivity index (χ4v) is 2.49. The third kappa shape index (κ3) is 3.12. The predicted molar refractivity (Wildman–Crippen MR) is 88.6 cm³/mol. The zero-order valence-electron chi connectivity index (χ0n) is 12.7. The van der Waals surface area contributed by atoms with Crippen molar-refractivity contribution in [3.05, 3.63) is 53.1 Å². The van der Waals surface area contributed by atoms with Crippen LogP contribution in [0, 0.1) is 0 Å². The molecule has 118 valence electrons. The Morgan fingerprint density at radius 2 is 2.17 bits per heavy atom. The second kappa shape index (κ2) is 6.26. The quantitative estimate of drug-likeness (QED) is 0.745. The van der Waals surface area contributed by atoms with Gasteiger partial charge in [0.25, 0.3) is 0 Å². The lowest BCUT2D eigenvalue weighted by atomic mass is 10.1. The van der Waals surface area contributed by atoms with Crippen LogP contribution in [0.4, 0.5) is 5.69 Å². The first-order valence-corrected chi connectivity index (χ1v) is 7.35. The molecule has 0 spiro atoms. The average Bonchev–Trinajstić information content (AvgIpc) is 2.89. The molecule has 2 aromatic heterocycles. The highest BCUT2D eigenvalue weighted by Gasteiger charge is 2.12. The molecule has 23 heavy (non-hydrogen) atoms. The fraction of sp³-hybridized carbons (Fsp3) is 0.188. The number of esters is 1. The number of rotatable bonds is 4. The predicted octanol–water partition coefficient (Wildman–Crippen LogP) is 3.02. The van der Waals surface area contributed by atoms with Crippen LogP contribution in [0.5, 0.6) is 0 Å². The van der Waals surface area contributed by atoms with Gasteiger partial charge >= 0.3 is 5.97 Å². The Hall–Kier alpha value is -2.60. The van der Waals surface area contributed by atoms with Gasteiger partial charge in [0.1, 0.15) is 5.15 Å². The molecule has 2 heterocycles. The number of aromatic nitrogens is 3. The van der Waals surface area contributed by atoms with Crippen molar-refractivity contribution in [2.24, 2.45) is 7.05 Å². The molecule has 1 aromatic carbocycles. The van der Waals surface area contributed by atoms with E-state index in [1.165, 1.54) is 7.11 Å². The molecule has 0 fully saturated rings. The minimum Gasteiger partial charge on any atom is -0.464 e. The van der Waals surface area contributed by atoms with Gasteiger partial charge in [0.05, 0.1) is 19.3 Å². The smallest absolute Gasteiger partial charge is 0.357 e. The molecule has 0 unspecified atom stereocenters. The Morgan fingerprint density at radius 3 is 2.87 bits per heavy atom. The van der Waals surface area contributed by atoms with Gasteiger partial charge in [-0.25, -0.2) is 9.78 Å². The second-order valence-corrected chi connectivity index (χ2v) is 5.41. The van der Waals surface area contributed by atoms with Crippen LogP contribution in [-0.4, -0.2) is 27.8 Å². The van der Waals surface area contributed by atoms with Crippen LogP contribution in [-0.2, 0) is 18.3 Å². The molecular formula is C16H15ClN4O2. The molecule has 0 atom stereocenters. The zero-order valence-corrected chi connectivity index (χ0v) is 13.5. The molecule has 3 aromatic rings. The first-order valence-electron chi connectivity index (χ1n) is 6.98. The summed E-state index contributed by atoms with van der Waals surface area (Å²) in [4.78, 5) is 15.8. The second-order valence-electron chi connectivity index (χ2n) is 5.02. The molecule has 0 radical (unpaired) electrons. The number of hydrogen-bond acceptors (Lipinski definition) is 5. The van der Waals surface area contributed by atoms with Gasteiger partial charge in [-0.05, 0) is 29.7 Å². The van der Waals surface area contributed by atoms with E-state index in [-0.39, 0.29) is 0 Å². The van der Waals surface area contributed by atoms with Crippen LogP contribution in [0.3, 0.4) is 0 Å². The lowest BCUT2D eigenvalue weighted by Gasteiger charge is -2.08. The van der Waals surface area contributed by atoms with Crippen molar-refractivity contribution in [1.82, 2.24) is 14.8 Å². The Labute approximate surface area is 138 Å². The Balaban J connectivity index is 1.84. The fourth-order valence-electron chi connectivity index (χ4n) is 2.33. The number of hydrogen-bond donors (Lipinski definition) is 1. The summed E-state index contributed by atoms with van der Waals surface area (Å²) in [6.07, 6.45) is 1.59. The van der Waals surface area contributed by atoms with Crippen LogP contribution in [0.2, 0.25) is 5.15 Å². The average molecular weight is 331 g/mol. The number of benzene rings is 1. The van der Waals surface area contributed by atoms with E-state index < -0.39 is 5.97 Å². The van der Waals surface area contributed by atoms with Crippen LogP contribution in [0.1, 0.15) is 16.2 Å². The summed E-state index contributed by atoms with van der Waals surface area (Å²) in [6, 6.07) is 9.36. The number of pyridine rings is 1. The number of ether oxygens (including phenoxy) is 1. The summed E-state index contributed by atoms with van der Waals surface area (Å²) >= 11 is 5.97. The van der Waals surface area contributed by atoms with Crippen molar-refractivity contribution >= 4 is 34.0 Å². The van der Waals surface area contributed by atoms with Crippen LogP contribution < -0.4 is 5.32 Å². The van der Waals surface area contributed by atoms with Gasteiger partial charge in [-0.15, -0.1) is 0 Å². The van der Waals surface area contributed by atoms with Crippen molar-refractivity contribution in [3.63, 3.8) is 0 Å². The van der Waals surface area contributed by atoms with Crippen LogP contribution in [0.25, 0.3) is 10.8 Å². The highest BCUT2D eigenvalue weighted by Crippen LogP contribution is 2.22. The van der Waals surface area contributed by atoms with E-state index in [0.717, 1.165) is 22.2 Å². The van der Waals surface area contributed by atoms with Gasteiger partial charge in [0.15, 0.2) is 5.69 Å². The van der Waals surface area contributed by atoms with Crippen molar-refractivity contribution in [2.45, 2.75) is 6.54 Å². The molecule has 0 aliphatic rings. The van der Waals surface area contributed by atoms with E-state index in [4.69, 9.17) is 16.3 Å². The number of methoxy groups -OCH3 is 1. The molecule has 0 saturated carbocycles. The maximum Gasteiger partial charge on any atom is 0.357 e. The monoisotopic (exact) mass is 330 g/mol. The van der Waals surface area contributed by atoms with E-state index in [1.807, 2.05) is 30.3 Å². The SMILES string of the molecule is COC(=O)c1nccc2cc(NCc3cc(Cl)n(C)n3)ccc12. The molecule has 6 nitrogen and oxygen atoms in total. The van der Waals surface area contributed by atoms with E-state index >= 15 is 0 Å². The Kier molecular flexibility index (Phi) is 4.16. The number of aryl methyl sites for hydroxylation is 1. The summed E-state index contributed by atoms with van der Waals surface area (Å²) in [7, 11) is 3.14. The van der Waals surface area contributed by atoms with Gasteiger partial charge < -0.3 is 10.1 Å². The minimum absolute atomic E-state index is 0.313. The molecule has 1 N–H and O–H groups in total. The summed E-state index contributed by atoms with van der Waals surface area (Å²) in [5, 5.41) is 9.83. The number of carbonyl (C=O) groups is 1. The Morgan fingerprint density at radius 1 is 1.35 bits per heavy atom. The number of nitrogens with one attached hydrogen (secondary N) is 1. The van der Waals surface area contributed by atoms with Crippen molar-refractivity contribution in [3.8, 4) is 0 Å². The Bertz CT molecular complexity index is 856. The number of anilines is 1. The highest BCUT2D eigenvalue weighted by atomic mass is 35.5. The zero-order chi connectivity index (χ0) is 16.4. The van der Waals surface area contributed by atoms with E-state index in [9.17, 15) is 4.79 Å². The number of fused-ring (bicyclic) bond motifs is 1. The van der Waals surface area contributed by atoms with Crippen molar-refractivity contribution < 1.29 is 9.53 Å². The van der Waals surface area contributed by atoms with Gasteiger partial charge in [-0.1, -0.05) is 11.6 Å². The first-order chi connectivity index (χ1) is 11.1. The molecule has 0 saturated heterocycles. The summed E-state index contributed by atoms with van der Waals surface area (Å²) < 4.78 is 6.37. The van der Waals surface area contributed by atoms with Gasteiger partial charge in [-0.3, -0.25) is 4.68 Å². The number of carbonyl (C=O) groups excluding carboxylic acids is 1. The third-order valence-electron chi connectivity index (χ3n) is 3.49. The number of halogens is 1. The standard InChI is InChI=1S/C16H15ClN4O2/c1-21-14(17)8-12(20-21)9-19-11-3-4-13-10(7-11)5-6-18-15(13)16(22)23-2/h3-8,19H,9H2,1-2H3. The maximum absolute atomic E-state index is 11.7. The molecule has 0 bridgehead atoms. The molecule has 0 aliphatic carbocycles. The van der Waals surface area contributed by atoms with E-state index in [2.05, 4.69) is 15.4 Å². The van der Waals surface area contributed by atoms with Crippen LogP contribution in [0.15, 0.2) is 36.5 Å². The van der Waals surface area contributed by atoms with Gasteiger partial charge in [0, 0.05) is 30.4 Å². The summed E-state index contributed by atoms with van der Waals surface area (Å²) in [5.74, 6) is -0.445. The lowest BCUT2D eigenvalue weighted by Crippen LogP contribution is -2.05. The van der Waals surface area contributed by atoms with Crippen LogP contribution >= 0.6 is 11.6 Å². The molecule has 7 heteroatoms. The normalized spacial score (nSPS) is 10.7. The maximum atomic E-state index is 11.7. The minimum atomic E-state index is -0.445. The first kappa shape index (κ1) is 15.3. The van der Waals surface area contributed by atoms with Gasteiger partial charge in [0.2, 0.25) is 0 Å². The molecule has 0 aliphatic heterocycles. The van der Waals surface area contributed by atoms with Gasteiger partial charge in [-0.2, -0.15) is 5.10 Å². The van der Waals surface area contributed by atoms with E-state index in [1.54, 1.807) is 17.9 Å². The van der Waals surface area contributed by atoms with E-state index in [0.29, 0.717) is 17.4 Å². The molecular weight excluding hydrogens is 316 g/mol. The topological polar surface area (TPSA) is 69.0 Å².